The fourth-order valence-corrected chi connectivity index (χ4v) is 2.97. The molecule has 6 nitrogen and oxygen atoms in total. The molecule has 0 unspecified atom stereocenters. The van der Waals surface area contributed by atoms with Crippen LogP contribution in [0.3, 0.4) is 0 Å². The van der Waals surface area contributed by atoms with Gasteiger partial charge in [-0.1, -0.05) is 0 Å². The summed E-state index contributed by atoms with van der Waals surface area (Å²) >= 11 is 0. The molecule has 1 fully saturated rings. The van der Waals surface area contributed by atoms with Gasteiger partial charge in [-0.25, -0.2) is 22.7 Å². The second kappa shape index (κ2) is 5.76. The molecule has 0 aliphatic carbocycles. The third-order valence-corrected chi connectivity index (χ3v) is 4.51. The van der Waals surface area contributed by atoms with Crippen molar-refractivity contribution in [1.29, 1.82) is 0 Å². The van der Waals surface area contributed by atoms with Gasteiger partial charge in [0.1, 0.15) is 5.69 Å². The number of rotatable bonds is 3. The van der Waals surface area contributed by atoms with Crippen LogP contribution in [0.1, 0.15) is 18.5 Å². The minimum Gasteiger partial charge on any atom is -0.351 e. The molecule has 0 atom stereocenters. The van der Waals surface area contributed by atoms with E-state index in [0.29, 0.717) is 25.9 Å². The number of sulfonamides is 1. The Morgan fingerprint density at radius 1 is 1.33 bits per heavy atom. The Kier molecular flexibility index (Phi) is 4.38. The lowest BCUT2D eigenvalue weighted by molar-refractivity contribution is -0.141. The summed E-state index contributed by atoms with van der Waals surface area (Å²) < 4.78 is 61.7. The third kappa shape index (κ3) is 4.27. The van der Waals surface area contributed by atoms with Crippen LogP contribution in [0.4, 0.5) is 19.1 Å². The maximum Gasteiger partial charge on any atom is 0.433 e. The van der Waals surface area contributed by atoms with Crippen molar-refractivity contribution in [2.24, 2.45) is 0 Å². The lowest BCUT2D eigenvalue weighted by Gasteiger charge is -2.30. The van der Waals surface area contributed by atoms with Gasteiger partial charge in [0, 0.05) is 25.3 Å². The number of anilines is 1. The Morgan fingerprint density at radius 2 is 1.95 bits per heavy atom. The Balaban J connectivity index is 1.98. The normalized spacial score (nSPS) is 18.7. The highest BCUT2D eigenvalue weighted by Gasteiger charge is 2.33. The molecule has 0 amide bonds. The van der Waals surface area contributed by atoms with Crippen LogP contribution in [0.5, 0.6) is 0 Å². The SMILES string of the molecule is CS(=O)(=O)N1CCC(Nc2nccc(C(F)(F)F)n2)CC1. The summed E-state index contributed by atoms with van der Waals surface area (Å²) in [6.45, 7) is 0.658. The number of nitrogens with one attached hydrogen (secondary N) is 1. The quantitative estimate of drug-likeness (QED) is 0.908. The number of aromatic nitrogens is 2. The van der Waals surface area contributed by atoms with Gasteiger partial charge < -0.3 is 5.32 Å². The molecule has 0 aromatic carbocycles. The molecule has 0 saturated carbocycles. The summed E-state index contributed by atoms with van der Waals surface area (Å²) in [5.41, 5.74) is -1.01. The lowest BCUT2D eigenvalue weighted by atomic mass is 10.1. The van der Waals surface area contributed by atoms with E-state index < -0.39 is 21.9 Å². The molecule has 1 N–H and O–H groups in total. The third-order valence-electron chi connectivity index (χ3n) is 3.20. The molecule has 21 heavy (non-hydrogen) atoms. The van der Waals surface area contributed by atoms with E-state index in [1.807, 2.05) is 0 Å². The van der Waals surface area contributed by atoms with Crippen LogP contribution < -0.4 is 5.32 Å². The Labute approximate surface area is 120 Å². The first-order valence-electron chi connectivity index (χ1n) is 6.28. The Hall–Kier alpha value is -1.42. The Bertz CT molecular complexity index is 598. The number of alkyl halides is 3. The van der Waals surface area contributed by atoms with Gasteiger partial charge in [0.2, 0.25) is 16.0 Å². The van der Waals surface area contributed by atoms with Crippen molar-refractivity contribution in [3.8, 4) is 0 Å². The zero-order chi connectivity index (χ0) is 15.7. The number of piperidine rings is 1. The van der Waals surface area contributed by atoms with Crippen LogP contribution in [0.15, 0.2) is 12.3 Å². The maximum absolute atomic E-state index is 12.5. The van der Waals surface area contributed by atoms with Gasteiger partial charge >= 0.3 is 6.18 Å². The van der Waals surface area contributed by atoms with Crippen molar-refractivity contribution in [1.82, 2.24) is 14.3 Å². The molecule has 2 heterocycles. The van der Waals surface area contributed by atoms with Crippen molar-refractivity contribution in [3.63, 3.8) is 0 Å². The van der Waals surface area contributed by atoms with Crippen LogP contribution in [0, 0.1) is 0 Å². The van der Waals surface area contributed by atoms with Crippen LogP contribution in [-0.2, 0) is 16.2 Å². The molecule has 0 bridgehead atoms. The van der Waals surface area contributed by atoms with Crippen LogP contribution >= 0.6 is 0 Å². The lowest BCUT2D eigenvalue weighted by Crippen LogP contribution is -2.42. The van der Waals surface area contributed by atoms with Crippen molar-refractivity contribution < 1.29 is 21.6 Å². The van der Waals surface area contributed by atoms with Crippen molar-refractivity contribution in [2.75, 3.05) is 24.7 Å². The van der Waals surface area contributed by atoms with E-state index in [-0.39, 0.29) is 12.0 Å². The van der Waals surface area contributed by atoms with Crippen LogP contribution in [0.25, 0.3) is 0 Å². The minimum atomic E-state index is -4.51. The van der Waals surface area contributed by atoms with Crippen molar-refractivity contribution in [3.05, 3.63) is 18.0 Å². The molecule has 118 valence electrons. The largest absolute Gasteiger partial charge is 0.433 e. The molecule has 2 rings (SSSR count). The highest BCUT2D eigenvalue weighted by Crippen LogP contribution is 2.27. The molecule has 0 radical (unpaired) electrons. The summed E-state index contributed by atoms with van der Waals surface area (Å²) in [6, 6.07) is 0.656. The highest BCUT2D eigenvalue weighted by molar-refractivity contribution is 7.88. The van der Waals surface area contributed by atoms with E-state index in [2.05, 4.69) is 15.3 Å². The number of nitrogens with zero attached hydrogens (tertiary/aromatic N) is 3. The van der Waals surface area contributed by atoms with Gasteiger partial charge in [-0.2, -0.15) is 13.2 Å². The van der Waals surface area contributed by atoms with Crippen LogP contribution in [0.2, 0.25) is 0 Å². The molecular weight excluding hydrogens is 309 g/mol. The summed E-state index contributed by atoms with van der Waals surface area (Å²) in [5.74, 6) is -0.0948. The summed E-state index contributed by atoms with van der Waals surface area (Å²) in [7, 11) is -3.22. The molecule has 1 saturated heterocycles. The topological polar surface area (TPSA) is 75.2 Å². The van der Waals surface area contributed by atoms with Gasteiger partial charge in [0.05, 0.1) is 6.26 Å². The van der Waals surface area contributed by atoms with E-state index in [1.54, 1.807) is 0 Å². The average Bonchev–Trinajstić information content (AvgIpc) is 2.37. The summed E-state index contributed by atoms with van der Waals surface area (Å²) in [4.78, 5) is 7.19. The van der Waals surface area contributed by atoms with Crippen LogP contribution in [-0.4, -0.2) is 48.1 Å². The molecule has 1 aliphatic heterocycles. The molecule has 0 spiro atoms. The van der Waals surface area contributed by atoms with E-state index in [9.17, 15) is 21.6 Å². The summed E-state index contributed by atoms with van der Waals surface area (Å²) in [6.07, 6.45) is -1.35. The first kappa shape index (κ1) is 16.0. The predicted octanol–water partition coefficient (Wildman–Crippen LogP) is 1.33. The number of hydrogen-bond donors (Lipinski definition) is 1. The predicted molar refractivity (Wildman–Crippen MR) is 70.1 cm³/mol. The minimum absolute atomic E-state index is 0.0948. The second-order valence-corrected chi connectivity index (χ2v) is 6.83. The van der Waals surface area contributed by atoms with E-state index in [0.717, 1.165) is 18.5 Å². The average molecular weight is 324 g/mol. The maximum atomic E-state index is 12.5. The highest BCUT2D eigenvalue weighted by atomic mass is 32.2. The van der Waals surface area contributed by atoms with Gasteiger partial charge in [-0.05, 0) is 18.9 Å². The fraction of sp³-hybridized carbons (Fsp3) is 0.636. The molecule has 10 heteroatoms. The van der Waals surface area contributed by atoms with E-state index in [1.165, 1.54) is 4.31 Å². The Morgan fingerprint density at radius 3 is 2.48 bits per heavy atom. The molecule has 1 aliphatic rings. The van der Waals surface area contributed by atoms with E-state index in [4.69, 9.17) is 0 Å². The number of hydrogen-bond acceptors (Lipinski definition) is 5. The van der Waals surface area contributed by atoms with Crippen molar-refractivity contribution in [2.45, 2.75) is 25.1 Å². The molecule has 1 aromatic heterocycles. The zero-order valence-electron chi connectivity index (χ0n) is 11.3. The fourth-order valence-electron chi connectivity index (χ4n) is 2.10. The molecular formula is C11H15F3N4O2S. The second-order valence-electron chi connectivity index (χ2n) is 4.84. The van der Waals surface area contributed by atoms with Gasteiger partial charge in [0.15, 0.2) is 0 Å². The van der Waals surface area contributed by atoms with Gasteiger partial charge in [-0.15, -0.1) is 0 Å². The van der Waals surface area contributed by atoms with Gasteiger partial charge in [0.25, 0.3) is 0 Å². The monoisotopic (exact) mass is 324 g/mol. The molecule has 1 aromatic rings. The summed E-state index contributed by atoms with van der Waals surface area (Å²) in [5, 5.41) is 2.82. The van der Waals surface area contributed by atoms with Crippen molar-refractivity contribution >= 4 is 16.0 Å². The number of halogens is 3. The first-order chi connectivity index (χ1) is 9.66. The van der Waals surface area contributed by atoms with Gasteiger partial charge in [-0.3, -0.25) is 0 Å². The van der Waals surface area contributed by atoms with E-state index >= 15 is 0 Å². The first-order valence-corrected chi connectivity index (χ1v) is 8.13. The smallest absolute Gasteiger partial charge is 0.351 e. The standard InChI is InChI=1S/C11H15F3N4O2S/c1-21(19,20)18-6-3-8(4-7-18)16-10-15-5-2-9(17-10)11(12,13)14/h2,5,8H,3-4,6-7H2,1H3,(H,15,16,17). The zero-order valence-corrected chi connectivity index (χ0v) is 12.1.